The minimum Gasteiger partial charge on any atom is -0.507 e. The first-order chi connectivity index (χ1) is 10.5. The normalized spacial score (nSPS) is 11.0. The van der Waals surface area contributed by atoms with Crippen LogP contribution >= 0.6 is 0 Å². The molecular weight excluding hydrogens is 292 g/mol. The summed E-state index contributed by atoms with van der Waals surface area (Å²) >= 11 is 0. The van der Waals surface area contributed by atoms with Crippen molar-refractivity contribution in [2.75, 3.05) is 14.2 Å². The van der Waals surface area contributed by atoms with Gasteiger partial charge >= 0.3 is 0 Å². The fourth-order valence-corrected chi connectivity index (χ4v) is 2.35. The van der Waals surface area contributed by atoms with Gasteiger partial charge in [0.2, 0.25) is 11.2 Å². The van der Waals surface area contributed by atoms with Crippen molar-refractivity contribution in [2.45, 2.75) is 0 Å². The number of benzene rings is 2. The number of methoxy groups -OCH3 is 2. The maximum atomic E-state index is 12.5. The summed E-state index contributed by atoms with van der Waals surface area (Å²) in [6, 6.07) is 3.53. The van der Waals surface area contributed by atoms with E-state index in [0.717, 1.165) is 6.07 Å². The van der Waals surface area contributed by atoms with Crippen molar-refractivity contribution in [3.63, 3.8) is 0 Å². The summed E-state index contributed by atoms with van der Waals surface area (Å²) < 4.78 is 15.6. The highest BCUT2D eigenvalue weighted by Gasteiger charge is 2.20. The molecular formula is C15H12O7. The second kappa shape index (κ2) is 4.73. The summed E-state index contributed by atoms with van der Waals surface area (Å²) in [6.07, 6.45) is 0. The number of ether oxygens (including phenoxy) is 2. The Morgan fingerprint density at radius 3 is 2.32 bits per heavy atom. The van der Waals surface area contributed by atoms with Crippen molar-refractivity contribution in [3.8, 4) is 28.7 Å². The molecule has 0 aliphatic carbocycles. The van der Waals surface area contributed by atoms with Crippen LogP contribution in [-0.4, -0.2) is 29.5 Å². The lowest BCUT2D eigenvalue weighted by Gasteiger charge is -2.10. The zero-order valence-electron chi connectivity index (χ0n) is 11.7. The minimum atomic E-state index is -0.565. The molecule has 0 saturated carbocycles. The molecule has 0 aliphatic rings. The predicted octanol–water partition coefficient (Wildman–Crippen LogP) is 2.08. The van der Waals surface area contributed by atoms with E-state index in [1.54, 1.807) is 0 Å². The van der Waals surface area contributed by atoms with Crippen LogP contribution < -0.4 is 14.9 Å². The van der Waals surface area contributed by atoms with Crippen LogP contribution in [0.2, 0.25) is 0 Å². The lowest BCUT2D eigenvalue weighted by molar-refractivity contribution is 0.367. The molecule has 0 unspecified atom stereocenters. The number of phenolic OH excluding ortho intramolecular Hbond substituents is 3. The highest BCUT2D eigenvalue weighted by Crippen LogP contribution is 2.41. The molecule has 114 valence electrons. The first-order valence-corrected chi connectivity index (χ1v) is 6.24. The highest BCUT2D eigenvalue weighted by molar-refractivity contribution is 5.98. The lowest BCUT2D eigenvalue weighted by Crippen LogP contribution is -2.04. The van der Waals surface area contributed by atoms with Crippen molar-refractivity contribution in [1.82, 2.24) is 0 Å². The number of rotatable bonds is 2. The maximum Gasteiger partial charge on any atom is 0.204 e. The molecule has 0 fully saturated rings. The molecule has 0 atom stereocenters. The molecule has 0 amide bonds. The molecule has 1 heterocycles. The topological polar surface area (TPSA) is 109 Å². The fraction of sp³-hybridized carbons (Fsp3) is 0.133. The second-order valence-electron chi connectivity index (χ2n) is 4.60. The zero-order valence-corrected chi connectivity index (χ0v) is 11.7. The first-order valence-electron chi connectivity index (χ1n) is 6.24. The van der Waals surface area contributed by atoms with Gasteiger partial charge in [0, 0.05) is 12.1 Å². The van der Waals surface area contributed by atoms with Crippen LogP contribution in [0.1, 0.15) is 0 Å². The highest BCUT2D eigenvalue weighted by atomic mass is 16.5. The molecule has 7 nitrogen and oxygen atoms in total. The van der Waals surface area contributed by atoms with Gasteiger partial charge in [-0.15, -0.1) is 0 Å². The van der Waals surface area contributed by atoms with E-state index in [1.165, 1.54) is 26.4 Å². The monoisotopic (exact) mass is 304 g/mol. The van der Waals surface area contributed by atoms with Gasteiger partial charge in [-0.25, -0.2) is 0 Å². The van der Waals surface area contributed by atoms with Gasteiger partial charge in [0.1, 0.15) is 16.7 Å². The van der Waals surface area contributed by atoms with Gasteiger partial charge in [-0.3, -0.25) is 4.79 Å². The molecule has 3 N–H and O–H groups in total. The molecule has 3 rings (SSSR count). The van der Waals surface area contributed by atoms with Gasteiger partial charge in [-0.2, -0.15) is 0 Å². The Kier molecular flexibility index (Phi) is 2.98. The number of aromatic hydroxyl groups is 3. The third-order valence-corrected chi connectivity index (χ3v) is 3.36. The predicted molar refractivity (Wildman–Crippen MR) is 78.1 cm³/mol. The summed E-state index contributed by atoms with van der Waals surface area (Å²) in [5.74, 6) is -0.982. The van der Waals surface area contributed by atoms with Gasteiger partial charge in [0.05, 0.1) is 19.6 Å². The maximum absolute atomic E-state index is 12.5. The van der Waals surface area contributed by atoms with Crippen LogP contribution in [-0.2, 0) is 0 Å². The van der Waals surface area contributed by atoms with E-state index in [4.69, 9.17) is 13.9 Å². The number of phenols is 3. The van der Waals surface area contributed by atoms with E-state index in [1.807, 2.05) is 0 Å². The smallest absolute Gasteiger partial charge is 0.204 e. The number of hydrogen-bond donors (Lipinski definition) is 3. The Hall–Kier alpha value is -3.09. The molecule has 3 aromatic rings. The van der Waals surface area contributed by atoms with E-state index >= 15 is 0 Å². The molecule has 0 saturated heterocycles. The zero-order chi connectivity index (χ0) is 16.0. The van der Waals surface area contributed by atoms with Gasteiger partial charge < -0.3 is 29.2 Å². The Morgan fingerprint density at radius 1 is 0.955 bits per heavy atom. The Labute approximate surface area is 123 Å². The summed E-state index contributed by atoms with van der Waals surface area (Å²) in [5, 5.41) is 29.4. The molecule has 0 radical (unpaired) electrons. The van der Waals surface area contributed by atoms with E-state index in [2.05, 4.69) is 0 Å². The SMILES string of the molecule is COc1cc2oc3c(OC)c(O)cc(O)c3c(=O)c2cc1O. The van der Waals surface area contributed by atoms with E-state index < -0.39 is 11.2 Å². The van der Waals surface area contributed by atoms with Crippen molar-refractivity contribution in [3.05, 3.63) is 28.4 Å². The summed E-state index contributed by atoms with van der Waals surface area (Å²) in [7, 11) is 2.66. The van der Waals surface area contributed by atoms with Crippen LogP contribution in [0.3, 0.4) is 0 Å². The van der Waals surface area contributed by atoms with Gasteiger partial charge in [-0.05, 0) is 6.07 Å². The van der Waals surface area contributed by atoms with Gasteiger partial charge in [-0.1, -0.05) is 0 Å². The second-order valence-corrected chi connectivity index (χ2v) is 4.60. The summed E-state index contributed by atoms with van der Waals surface area (Å²) in [4.78, 5) is 12.5. The minimum absolute atomic E-state index is 0.0637. The summed E-state index contributed by atoms with van der Waals surface area (Å²) in [5.41, 5.74) is -0.536. The van der Waals surface area contributed by atoms with Gasteiger partial charge in [0.15, 0.2) is 22.8 Å². The average Bonchev–Trinajstić information content (AvgIpc) is 2.47. The third kappa shape index (κ3) is 1.79. The van der Waals surface area contributed by atoms with Crippen molar-refractivity contribution in [1.29, 1.82) is 0 Å². The van der Waals surface area contributed by atoms with Crippen molar-refractivity contribution in [2.24, 2.45) is 0 Å². The van der Waals surface area contributed by atoms with Crippen molar-refractivity contribution < 1.29 is 29.2 Å². The molecule has 1 aromatic heterocycles. The average molecular weight is 304 g/mol. The Morgan fingerprint density at radius 2 is 1.68 bits per heavy atom. The molecule has 22 heavy (non-hydrogen) atoms. The van der Waals surface area contributed by atoms with E-state index in [-0.39, 0.29) is 44.9 Å². The van der Waals surface area contributed by atoms with Crippen LogP contribution in [0, 0.1) is 0 Å². The van der Waals surface area contributed by atoms with Crippen molar-refractivity contribution >= 4 is 21.9 Å². The molecule has 0 bridgehead atoms. The molecule has 7 heteroatoms. The third-order valence-electron chi connectivity index (χ3n) is 3.36. The summed E-state index contributed by atoms with van der Waals surface area (Å²) in [6.45, 7) is 0. The fourth-order valence-electron chi connectivity index (χ4n) is 2.35. The van der Waals surface area contributed by atoms with Gasteiger partial charge in [0.25, 0.3) is 0 Å². The Bertz CT molecular complexity index is 956. The first kappa shape index (κ1) is 13.9. The Balaban J connectivity index is 2.58. The number of hydrogen-bond acceptors (Lipinski definition) is 7. The number of fused-ring (bicyclic) bond motifs is 2. The van der Waals surface area contributed by atoms with Crippen LogP contribution in [0.15, 0.2) is 27.4 Å². The lowest BCUT2D eigenvalue weighted by atomic mass is 10.1. The quantitative estimate of drug-likeness (QED) is 0.622. The van der Waals surface area contributed by atoms with Crippen LogP contribution in [0.4, 0.5) is 0 Å². The standard InChI is InChI=1S/C15H12O7/c1-20-11-5-10-6(3-7(11)16)13(19)12-8(17)4-9(18)14(21-2)15(12)22-10/h3-5,16-18H,1-2H3. The molecule has 0 aliphatic heterocycles. The van der Waals surface area contributed by atoms with E-state index in [9.17, 15) is 20.1 Å². The molecule has 2 aromatic carbocycles. The van der Waals surface area contributed by atoms with Crippen LogP contribution in [0.5, 0.6) is 28.7 Å². The molecule has 0 spiro atoms. The van der Waals surface area contributed by atoms with E-state index in [0.29, 0.717) is 0 Å². The largest absolute Gasteiger partial charge is 0.507 e. The van der Waals surface area contributed by atoms with Crippen LogP contribution in [0.25, 0.3) is 21.9 Å².